The van der Waals surface area contributed by atoms with Crippen LogP contribution in [0.1, 0.15) is 0 Å². The highest BCUT2D eigenvalue weighted by Crippen LogP contribution is 2.02. The van der Waals surface area contributed by atoms with Gasteiger partial charge in [0.25, 0.3) is 0 Å². The number of phenols is 1. The summed E-state index contributed by atoms with van der Waals surface area (Å²) in [5.74, 6) is 0.0693. The van der Waals surface area contributed by atoms with Crippen LogP contribution >= 0.6 is 0 Å². The quantitative estimate of drug-likeness (QED) is 0.461. The molecule has 1 atom stereocenters. The Kier molecular flexibility index (Phi) is 1.51. The van der Waals surface area contributed by atoms with Crippen LogP contribution in [-0.2, 0) is 0 Å². The fourth-order valence-electron chi connectivity index (χ4n) is 1.23. The summed E-state index contributed by atoms with van der Waals surface area (Å²) in [5.41, 5.74) is 0. The molecule has 0 aromatic heterocycles. The van der Waals surface area contributed by atoms with Gasteiger partial charge in [0, 0.05) is 17.4 Å². The number of phenolic OH excluding ortho intramolecular Hbond substituents is 1. The van der Waals surface area contributed by atoms with E-state index in [1.807, 2.05) is 0 Å². The fourth-order valence-corrected chi connectivity index (χ4v) is 1.23. The molecule has 1 heterocycles. The lowest BCUT2D eigenvalue weighted by Crippen LogP contribution is -2.19. The molecule has 0 saturated heterocycles. The van der Waals surface area contributed by atoms with Crippen LogP contribution in [0.15, 0.2) is 23.2 Å². The Balaban J connectivity index is 2.61. The standard InChI is InChI=1S/C8H6N2O3/c11-6-2-1-5-3-8(10(12)13)9-7(5)4-6/h1-4,8,11H. The molecule has 0 amide bonds. The topological polar surface area (TPSA) is 75.7 Å². The van der Waals surface area contributed by atoms with E-state index in [1.54, 1.807) is 6.07 Å². The normalized spacial score (nSPS) is 18.6. The first-order chi connectivity index (χ1) is 6.16. The van der Waals surface area contributed by atoms with E-state index >= 15 is 0 Å². The van der Waals surface area contributed by atoms with Gasteiger partial charge in [0.1, 0.15) is 5.75 Å². The van der Waals surface area contributed by atoms with Crippen LogP contribution in [0.25, 0.3) is 6.08 Å². The smallest absolute Gasteiger partial charge is 0.324 e. The summed E-state index contributed by atoms with van der Waals surface area (Å²) >= 11 is 0. The third-order valence-corrected chi connectivity index (χ3v) is 1.83. The molecule has 2 rings (SSSR count). The molecule has 5 nitrogen and oxygen atoms in total. The third-order valence-electron chi connectivity index (χ3n) is 1.83. The van der Waals surface area contributed by atoms with E-state index in [9.17, 15) is 10.1 Å². The second-order valence-electron chi connectivity index (χ2n) is 2.74. The molecule has 13 heavy (non-hydrogen) atoms. The van der Waals surface area contributed by atoms with Crippen molar-refractivity contribution in [3.05, 3.63) is 38.9 Å². The number of hydrogen-bond donors (Lipinski definition) is 1. The number of nitrogens with zero attached hydrogens (tertiary/aromatic N) is 2. The van der Waals surface area contributed by atoms with Crippen molar-refractivity contribution in [1.82, 2.24) is 0 Å². The molecule has 1 aromatic carbocycles. The van der Waals surface area contributed by atoms with Crippen LogP contribution in [0.2, 0.25) is 0 Å². The Labute approximate surface area is 72.8 Å². The van der Waals surface area contributed by atoms with Gasteiger partial charge in [-0.3, -0.25) is 10.1 Å². The highest BCUT2D eigenvalue weighted by Gasteiger charge is 2.18. The Morgan fingerprint density at radius 2 is 2.31 bits per heavy atom. The van der Waals surface area contributed by atoms with Crippen molar-refractivity contribution < 1.29 is 10.0 Å². The van der Waals surface area contributed by atoms with Crippen molar-refractivity contribution in [1.29, 1.82) is 0 Å². The summed E-state index contributed by atoms with van der Waals surface area (Å²) < 4.78 is 0. The molecule has 1 unspecified atom stereocenters. The van der Waals surface area contributed by atoms with Gasteiger partial charge in [-0.25, -0.2) is 4.99 Å². The number of rotatable bonds is 1. The monoisotopic (exact) mass is 178 g/mol. The van der Waals surface area contributed by atoms with Crippen molar-refractivity contribution in [2.75, 3.05) is 0 Å². The van der Waals surface area contributed by atoms with E-state index in [0.717, 1.165) is 0 Å². The summed E-state index contributed by atoms with van der Waals surface area (Å²) in [4.78, 5) is 13.7. The average molecular weight is 178 g/mol. The second kappa shape index (κ2) is 2.55. The van der Waals surface area contributed by atoms with Gasteiger partial charge in [0.2, 0.25) is 0 Å². The lowest BCUT2D eigenvalue weighted by atomic mass is 10.3. The van der Waals surface area contributed by atoms with Crippen molar-refractivity contribution in [2.24, 2.45) is 4.99 Å². The Morgan fingerprint density at radius 3 is 3.00 bits per heavy atom. The van der Waals surface area contributed by atoms with Gasteiger partial charge in [-0.15, -0.1) is 0 Å². The van der Waals surface area contributed by atoms with Gasteiger partial charge in [0.15, 0.2) is 0 Å². The SMILES string of the molecule is O=[N+]([O-])C1C=c2ccc(O)cc2=N1. The first-order valence-electron chi connectivity index (χ1n) is 3.69. The summed E-state index contributed by atoms with van der Waals surface area (Å²) in [6, 6.07) is 4.50. The molecule has 0 fully saturated rings. The molecule has 1 N–H and O–H groups in total. The molecule has 0 saturated carbocycles. The lowest BCUT2D eigenvalue weighted by molar-refractivity contribution is -0.502. The van der Waals surface area contributed by atoms with E-state index < -0.39 is 11.1 Å². The molecule has 1 aliphatic rings. The van der Waals surface area contributed by atoms with Gasteiger partial charge in [0.05, 0.1) is 10.3 Å². The Hall–Kier alpha value is -1.91. The maximum atomic E-state index is 10.4. The maximum absolute atomic E-state index is 10.4. The third kappa shape index (κ3) is 1.24. The predicted octanol–water partition coefficient (Wildman–Crippen LogP) is -0.591. The van der Waals surface area contributed by atoms with Crippen LogP contribution in [0.5, 0.6) is 5.75 Å². The van der Waals surface area contributed by atoms with E-state index in [4.69, 9.17) is 5.11 Å². The van der Waals surface area contributed by atoms with Gasteiger partial charge in [-0.1, -0.05) is 0 Å². The minimum atomic E-state index is -1.00. The summed E-state index contributed by atoms with van der Waals surface area (Å²) in [5, 5.41) is 20.6. The molecular weight excluding hydrogens is 172 g/mol. The minimum Gasteiger partial charge on any atom is -0.508 e. The number of benzene rings is 1. The molecule has 1 aromatic rings. The van der Waals surface area contributed by atoms with E-state index in [-0.39, 0.29) is 5.75 Å². The summed E-state index contributed by atoms with van der Waals surface area (Å²) in [6.45, 7) is 0. The number of fused-ring (bicyclic) bond motifs is 1. The van der Waals surface area contributed by atoms with Gasteiger partial charge in [-0.2, -0.15) is 0 Å². The Bertz CT molecular complexity index is 481. The van der Waals surface area contributed by atoms with Crippen molar-refractivity contribution in [3.8, 4) is 5.75 Å². The van der Waals surface area contributed by atoms with Crippen molar-refractivity contribution in [2.45, 2.75) is 6.17 Å². The van der Waals surface area contributed by atoms with E-state index in [2.05, 4.69) is 4.99 Å². The van der Waals surface area contributed by atoms with Crippen molar-refractivity contribution >= 4 is 6.08 Å². The lowest BCUT2D eigenvalue weighted by Gasteiger charge is -1.90. The van der Waals surface area contributed by atoms with Crippen LogP contribution < -0.4 is 10.6 Å². The van der Waals surface area contributed by atoms with Crippen molar-refractivity contribution in [3.63, 3.8) is 0 Å². The van der Waals surface area contributed by atoms with Crippen LogP contribution in [0.4, 0.5) is 0 Å². The van der Waals surface area contributed by atoms with Gasteiger partial charge in [-0.05, 0) is 12.1 Å². The molecule has 0 spiro atoms. The molecular formula is C8H6N2O3. The van der Waals surface area contributed by atoms with E-state index in [0.29, 0.717) is 10.6 Å². The average Bonchev–Trinajstić information content (AvgIpc) is 2.46. The predicted molar refractivity (Wildman–Crippen MR) is 44.1 cm³/mol. The largest absolute Gasteiger partial charge is 0.508 e. The van der Waals surface area contributed by atoms with Crippen LogP contribution in [0, 0.1) is 10.1 Å². The first kappa shape index (κ1) is 7.72. The van der Waals surface area contributed by atoms with Crippen LogP contribution in [0.3, 0.4) is 0 Å². The molecule has 1 aliphatic heterocycles. The van der Waals surface area contributed by atoms with Gasteiger partial charge >= 0.3 is 6.17 Å². The zero-order valence-electron chi connectivity index (χ0n) is 6.54. The zero-order chi connectivity index (χ0) is 9.42. The maximum Gasteiger partial charge on any atom is 0.324 e. The number of aromatic hydroxyl groups is 1. The first-order valence-corrected chi connectivity index (χ1v) is 3.69. The minimum absolute atomic E-state index is 0.0693. The number of hydrogen-bond acceptors (Lipinski definition) is 4. The molecule has 0 bridgehead atoms. The highest BCUT2D eigenvalue weighted by molar-refractivity contribution is 5.34. The van der Waals surface area contributed by atoms with Gasteiger partial charge < -0.3 is 5.11 Å². The highest BCUT2D eigenvalue weighted by atomic mass is 16.6. The second-order valence-corrected chi connectivity index (χ2v) is 2.74. The Morgan fingerprint density at radius 1 is 1.54 bits per heavy atom. The fraction of sp³-hybridized carbons (Fsp3) is 0.125. The number of nitro groups is 1. The molecule has 0 aliphatic carbocycles. The zero-order valence-corrected chi connectivity index (χ0v) is 6.54. The van der Waals surface area contributed by atoms with E-state index in [1.165, 1.54) is 18.2 Å². The molecule has 5 heteroatoms. The summed E-state index contributed by atoms with van der Waals surface area (Å²) in [6.07, 6.45) is 0.450. The summed E-state index contributed by atoms with van der Waals surface area (Å²) in [7, 11) is 0. The molecule has 0 radical (unpaired) electrons. The van der Waals surface area contributed by atoms with Crippen LogP contribution in [-0.4, -0.2) is 16.2 Å². The molecule has 66 valence electrons.